The molecule has 2 aliphatic rings. The second-order valence-corrected chi connectivity index (χ2v) is 17.4. The summed E-state index contributed by atoms with van der Waals surface area (Å²) in [6.45, 7) is 16.6. The van der Waals surface area contributed by atoms with Gasteiger partial charge in [0.15, 0.2) is 8.32 Å². The van der Waals surface area contributed by atoms with Gasteiger partial charge in [-0.1, -0.05) is 39.0 Å². The molecule has 0 unspecified atom stereocenters. The normalized spacial score (nSPS) is 18.9. The first-order valence-electron chi connectivity index (χ1n) is 13.5. The molecule has 3 aromatic rings. The Kier molecular flexibility index (Phi) is 7.03. The largest absolute Gasteiger partial charge is 0.497 e. The van der Waals surface area contributed by atoms with E-state index >= 15 is 0 Å². The lowest BCUT2D eigenvalue weighted by Gasteiger charge is -2.48. The van der Waals surface area contributed by atoms with Gasteiger partial charge in [0.25, 0.3) is 0 Å². The van der Waals surface area contributed by atoms with Crippen molar-refractivity contribution in [2.75, 3.05) is 33.5 Å². The summed E-state index contributed by atoms with van der Waals surface area (Å²) >= 11 is 0. The third-order valence-corrected chi connectivity index (χ3v) is 13.6. The van der Waals surface area contributed by atoms with Crippen molar-refractivity contribution >= 4 is 19.2 Å². The van der Waals surface area contributed by atoms with Crippen LogP contribution in [0.25, 0.3) is 10.9 Å². The topological polar surface area (TPSA) is 40.7 Å². The van der Waals surface area contributed by atoms with Gasteiger partial charge in [0.2, 0.25) is 0 Å². The highest BCUT2D eigenvalue weighted by molar-refractivity contribution is 6.74. The molecule has 1 fully saturated rings. The van der Waals surface area contributed by atoms with Crippen LogP contribution in [0.5, 0.6) is 5.75 Å². The first-order chi connectivity index (χ1) is 17.5. The van der Waals surface area contributed by atoms with Crippen LogP contribution in [0.4, 0.5) is 4.39 Å². The number of rotatable bonds is 6. The van der Waals surface area contributed by atoms with Gasteiger partial charge in [0, 0.05) is 66.4 Å². The third-order valence-electron chi connectivity index (χ3n) is 9.10. The molecule has 1 spiro atoms. The van der Waals surface area contributed by atoms with Crippen LogP contribution >= 0.6 is 0 Å². The van der Waals surface area contributed by atoms with E-state index in [4.69, 9.17) is 9.16 Å². The van der Waals surface area contributed by atoms with Gasteiger partial charge in [-0.05, 0) is 54.7 Å². The van der Waals surface area contributed by atoms with Crippen molar-refractivity contribution in [1.82, 2.24) is 14.8 Å². The molecule has 0 aliphatic carbocycles. The number of fused-ring (bicyclic) bond motifs is 4. The number of likely N-dealkylation sites (tertiary alicyclic amines) is 1. The second kappa shape index (κ2) is 9.84. The molecule has 2 aliphatic heterocycles. The fourth-order valence-electron chi connectivity index (χ4n) is 5.84. The maximum absolute atomic E-state index is 14.6. The Morgan fingerprint density at radius 1 is 1.05 bits per heavy atom. The maximum atomic E-state index is 14.6. The lowest BCUT2D eigenvalue weighted by Crippen LogP contribution is -2.53. The van der Waals surface area contributed by atoms with Crippen molar-refractivity contribution in [3.63, 3.8) is 0 Å². The van der Waals surface area contributed by atoms with Crippen molar-refractivity contribution in [2.24, 2.45) is 0 Å². The minimum Gasteiger partial charge on any atom is -0.497 e. The van der Waals surface area contributed by atoms with Crippen molar-refractivity contribution in [3.8, 4) is 5.75 Å². The summed E-state index contributed by atoms with van der Waals surface area (Å²) in [5.74, 6) is 0.738. The lowest BCUT2D eigenvalue weighted by atomic mass is 9.69. The molecule has 3 heterocycles. The fraction of sp³-hybridized carbons (Fsp3) is 0.533. The van der Waals surface area contributed by atoms with Crippen LogP contribution in [0.1, 0.15) is 50.4 Å². The summed E-state index contributed by atoms with van der Waals surface area (Å²) < 4.78 is 26.6. The summed E-state index contributed by atoms with van der Waals surface area (Å²) in [4.78, 5) is 8.63. The molecule has 0 atom stereocenters. The first kappa shape index (κ1) is 26.4. The van der Waals surface area contributed by atoms with Gasteiger partial charge >= 0.3 is 0 Å². The zero-order valence-electron chi connectivity index (χ0n) is 23.3. The third kappa shape index (κ3) is 5.11. The highest BCUT2D eigenvalue weighted by atomic mass is 28.4. The molecular formula is C30H42FN3O2Si. The number of nitrogens with zero attached hydrogens (tertiary/aromatic N) is 2. The first-order valence-corrected chi connectivity index (χ1v) is 16.4. The summed E-state index contributed by atoms with van der Waals surface area (Å²) in [6, 6.07) is 13.6. The van der Waals surface area contributed by atoms with Gasteiger partial charge in [-0.2, -0.15) is 0 Å². The molecule has 0 bridgehead atoms. The zero-order chi connectivity index (χ0) is 26.4. The Hall–Kier alpha value is -2.19. The van der Waals surface area contributed by atoms with Crippen LogP contribution in [-0.4, -0.2) is 56.6 Å². The van der Waals surface area contributed by atoms with Crippen molar-refractivity contribution < 1.29 is 13.6 Å². The number of ether oxygens (including phenoxy) is 1. The molecule has 5 rings (SSSR count). The number of hydrogen-bond donors (Lipinski definition) is 1. The SMILES string of the molecule is COc1ccc2c3c([nH]c2c1)CN(Cc1ccccc1F)CC31CCN(CO[Si](C)(C)C(C)(C)C)CC1. The van der Waals surface area contributed by atoms with Crippen LogP contribution in [0.15, 0.2) is 42.5 Å². The Bertz CT molecular complexity index is 1260. The van der Waals surface area contributed by atoms with Crippen LogP contribution < -0.4 is 4.74 Å². The molecule has 0 amide bonds. The van der Waals surface area contributed by atoms with E-state index in [-0.39, 0.29) is 16.3 Å². The molecule has 0 radical (unpaired) electrons. The summed E-state index contributed by atoms with van der Waals surface area (Å²) in [6.07, 6.45) is 2.13. The minimum absolute atomic E-state index is 0.0269. The number of H-pyrrole nitrogens is 1. The summed E-state index contributed by atoms with van der Waals surface area (Å²) in [7, 11) is -0.0795. The van der Waals surface area contributed by atoms with E-state index in [1.807, 2.05) is 12.1 Å². The molecule has 2 aromatic carbocycles. The number of piperidine rings is 1. The molecule has 37 heavy (non-hydrogen) atoms. The molecular weight excluding hydrogens is 481 g/mol. The van der Waals surface area contributed by atoms with Gasteiger partial charge in [0.05, 0.1) is 13.8 Å². The van der Waals surface area contributed by atoms with Gasteiger partial charge in [-0.3, -0.25) is 9.80 Å². The highest BCUT2D eigenvalue weighted by Crippen LogP contribution is 2.46. The van der Waals surface area contributed by atoms with E-state index in [0.717, 1.165) is 55.9 Å². The average molecular weight is 524 g/mol. The van der Waals surface area contributed by atoms with Crippen molar-refractivity contribution in [3.05, 3.63) is 65.1 Å². The monoisotopic (exact) mass is 523 g/mol. The molecule has 7 heteroatoms. The summed E-state index contributed by atoms with van der Waals surface area (Å²) in [5.41, 5.74) is 4.63. The van der Waals surface area contributed by atoms with Crippen LogP contribution in [0.3, 0.4) is 0 Å². The number of methoxy groups -OCH3 is 1. The fourth-order valence-corrected chi connectivity index (χ4v) is 6.78. The highest BCUT2D eigenvalue weighted by Gasteiger charge is 2.45. The van der Waals surface area contributed by atoms with E-state index in [1.165, 1.54) is 16.6 Å². The predicted molar refractivity (Wildman–Crippen MR) is 151 cm³/mol. The second-order valence-electron chi connectivity index (χ2n) is 12.6. The van der Waals surface area contributed by atoms with E-state index in [2.05, 4.69) is 66.8 Å². The number of aromatic amines is 1. The van der Waals surface area contributed by atoms with Gasteiger partial charge < -0.3 is 14.1 Å². The van der Waals surface area contributed by atoms with E-state index in [0.29, 0.717) is 13.3 Å². The van der Waals surface area contributed by atoms with E-state index in [1.54, 1.807) is 19.2 Å². The summed E-state index contributed by atoms with van der Waals surface area (Å²) in [5, 5.41) is 1.51. The van der Waals surface area contributed by atoms with E-state index < -0.39 is 8.32 Å². The molecule has 0 saturated carbocycles. The number of hydrogen-bond acceptors (Lipinski definition) is 4. The number of nitrogens with one attached hydrogen (secondary N) is 1. The lowest BCUT2D eigenvalue weighted by molar-refractivity contribution is 0.0471. The maximum Gasteiger partial charge on any atom is 0.193 e. The number of halogens is 1. The molecule has 1 N–H and O–H groups in total. The van der Waals surface area contributed by atoms with Gasteiger partial charge in [0.1, 0.15) is 11.6 Å². The smallest absolute Gasteiger partial charge is 0.193 e. The van der Waals surface area contributed by atoms with Crippen LogP contribution in [0, 0.1) is 5.82 Å². The van der Waals surface area contributed by atoms with Crippen LogP contribution in [0.2, 0.25) is 18.1 Å². The Morgan fingerprint density at radius 3 is 2.46 bits per heavy atom. The van der Waals surface area contributed by atoms with Crippen molar-refractivity contribution in [1.29, 1.82) is 0 Å². The molecule has 1 saturated heterocycles. The number of aromatic nitrogens is 1. The molecule has 200 valence electrons. The predicted octanol–water partition coefficient (Wildman–Crippen LogP) is 6.64. The average Bonchev–Trinajstić information content (AvgIpc) is 3.23. The Balaban J connectivity index is 1.42. The zero-order valence-corrected chi connectivity index (χ0v) is 24.3. The molecule has 5 nitrogen and oxygen atoms in total. The number of benzene rings is 2. The molecule has 1 aromatic heterocycles. The standard InChI is InChI=1S/C30H42FN3O2Si/c1-29(2,3)37(5,6)36-21-33-15-13-30(14-16-33)20-34(18-22-9-7-8-10-25(22)31)19-27-28(30)24-12-11-23(35-4)17-26(24)32-27/h7-12,17,32H,13-16,18-21H2,1-6H3. The van der Waals surface area contributed by atoms with Crippen molar-refractivity contribution in [2.45, 2.75) is 70.2 Å². The quantitative estimate of drug-likeness (QED) is 0.368. The van der Waals surface area contributed by atoms with E-state index in [9.17, 15) is 4.39 Å². The Labute approximate surface area is 222 Å². The Morgan fingerprint density at radius 2 is 1.78 bits per heavy atom. The van der Waals surface area contributed by atoms with Crippen LogP contribution in [-0.2, 0) is 22.9 Å². The van der Waals surface area contributed by atoms with Gasteiger partial charge in [-0.25, -0.2) is 4.39 Å². The minimum atomic E-state index is -1.79. The van der Waals surface area contributed by atoms with Gasteiger partial charge in [-0.15, -0.1) is 0 Å².